The van der Waals surface area contributed by atoms with Gasteiger partial charge in [0.25, 0.3) is 0 Å². The van der Waals surface area contributed by atoms with E-state index in [1.54, 1.807) is 4.90 Å². The second-order valence-corrected chi connectivity index (χ2v) is 7.48. The van der Waals surface area contributed by atoms with Crippen LogP contribution in [-0.4, -0.2) is 30.5 Å². The van der Waals surface area contributed by atoms with E-state index in [0.29, 0.717) is 18.0 Å². The van der Waals surface area contributed by atoms with Gasteiger partial charge in [-0.1, -0.05) is 32.1 Å². The normalized spacial score (nSPS) is 15.3. The predicted octanol–water partition coefficient (Wildman–Crippen LogP) is 3.04. The van der Waals surface area contributed by atoms with E-state index in [1.807, 2.05) is 0 Å². The number of carbonyl (C=O) groups is 2. The number of anilines is 1. The van der Waals surface area contributed by atoms with Gasteiger partial charge in [0.1, 0.15) is 5.00 Å². The van der Waals surface area contributed by atoms with Crippen molar-refractivity contribution in [1.82, 2.24) is 4.98 Å². The maximum absolute atomic E-state index is 12.6. The zero-order valence-electron chi connectivity index (χ0n) is 13.1. The molecule has 21 heavy (non-hydrogen) atoms. The van der Waals surface area contributed by atoms with Gasteiger partial charge >= 0.3 is 5.97 Å². The fourth-order valence-electron chi connectivity index (χ4n) is 2.34. The molecular weight excluding hydrogens is 288 g/mol. The summed E-state index contributed by atoms with van der Waals surface area (Å²) in [5.74, 6) is -0.331. The number of thiazole rings is 1. The van der Waals surface area contributed by atoms with E-state index in [-0.39, 0.29) is 11.3 Å². The van der Waals surface area contributed by atoms with Crippen molar-refractivity contribution >= 4 is 28.2 Å². The molecule has 0 fully saturated rings. The first-order valence-corrected chi connectivity index (χ1v) is 8.02. The quantitative estimate of drug-likeness (QED) is 0.788. The molecule has 0 saturated carbocycles. The number of fused-ring (bicyclic) bond motifs is 1. The Kier molecular flexibility index (Phi) is 4.66. The molecule has 0 aromatic carbocycles. The van der Waals surface area contributed by atoms with Gasteiger partial charge in [0.15, 0.2) is 0 Å². The van der Waals surface area contributed by atoms with Crippen LogP contribution in [0.1, 0.15) is 55.5 Å². The molecule has 6 heteroatoms. The van der Waals surface area contributed by atoms with E-state index >= 15 is 0 Å². The Morgan fingerprint density at radius 1 is 1.33 bits per heavy atom. The Labute approximate surface area is 129 Å². The van der Waals surface area contributed by atoms with Crippen LogP contribution in [0.15, 0.2) is 0 Å². The zero-order valence-corrected chi connectivity index (χ0v) is 13.9. The summed E-state index contributed by atoms with van der Waals surface area (Å²) in [5.41, 5.74) is 0.791. The summed E-state index contributed by atoms with van der Waals surface area (Å²) in [6, 6.07) is 0. The molecule has 0 N–H and O–H groups in total. The third-order valence-electron chi connectivity index (χ3n) is 3.31. The van der Waals surface area contributed by atoms with Gasteiger partial charge in [-0.05, 0) is 24.7 Å². The van der Waals surface area contributed by atoms with Crippen molar-refractivity contribution in [2.75, 3.05) is 18.6 Å². The number of nitrogens with zero attached hydrogens (tertiary/aromatic N) is 2. The SMILES string of the molecule is COC(=O)c1nc2c(s1)N(C(=O)CC(C)(C)C)CCCC2. The van der Waals surface area contributed by atoms with Crippen molar-refractivity contribution in [1.29, 1.82) is 0 Å². The number of methoxy groups -OCH3 is 1. The summed E-state index contributed by atoms with van der Waals surface area (Å²) in [5, 5.41) is 1.15. The first-order valence-electron chi connectivity index (χ1n) is 7.20. The van der Waals surface area contributed by atoms with Gasteiger partial charge in [0, 0.05) is 13.0 Å². The topological polar surface area (TPSA) is 59.5 Å². The van der Waals surface area contributed by atoms with E-state index in [2.05, 4.69) is 25.8 Å². The van der Waals surface area contributed by atoms with Gasteiger partial charge in [-0.25, -0.2) is 9.78 Å². The van der Waals surface area contributed by atoms with Gasteiger partial charge in [-0.2, -0.15) is 0 Å². The van der Waals surface area contributed by atoms with Gasteiger partial charge in [-0.3, -0.25) is 4.79 Å². The summed E-state index contributed by atoms with van der Waals surface area (Å²) in [6.07, 6.45) is 3.24. The van der Waals surface area contributed by atoms with Crippen LogP contribution in [0.2, 0.25) is 0 Å². The molecule has 0 atom stereocenters. The zero-order chi connectivity index (χ0) is 15.6. The number of hydrogen-bond donors (Lipinski definition) is 0. The minimum absolute atomic E-state index is 0.0561. The molecular formula is C15H22N2O3S. The van der Waals surface area contributed by atoms with Crippen LogP contribution in [0.3, 0.4) is 0 Å². The molecule has 0 radical (unpaired) electrons. The Hall–Kier alpha value is -1.43. The molecule has 1 aliphatic heterocycles. The van der Waals surface area contributed by atoms with Gasteiger partial charge < -0.3 is 9.64 Å². The highest BCUT2D eigenvalue weighted by Gasteiger charge is 2.29. The lowest BCUT2D eigenvalue weighted by molar-refractivity contribution is -0.120. The molecule has 116 valence electrons. The molecule has 1 aliphatic rings. The van der Waals surface area contributed by atoms with Crippen LogP contribution >= 0.6 is 11.3 Å². The van der Waals surface area contributed by atoms with Crippen LogP contribution in [0.25, 0.3) is 0 Å². The first-order chi connectivity index (χ1) is 9.81. The lowest BCUT2D eigenvalue weighted by atomic mass is 9.91. The molecule has 2 heterocycles. The van der Waals surface area contributed by atoms with Crippen molar-refractivity contribution < 1.29 is 14.3 Å². The van der Waals surface area contributed by atoms with Crippen LogP contribution in [-0.2, 0) is 16.0 Å². The number of hydrogen-bond acceptors (Lipinski definition) is 5. The van der Waals surface area contributed by atoms with Crippen molar-refractivity contribution in [3.63, 3.8) is 0 Å². The first kappa shape index (κ1) is 15.9. The summed E-state index contributed by atoms with van der Waals surface area (Å²) < 4.78 is 4.73. The highest BCUT2D eigenvalue weighted by atomic mass is 32.1. The predicted molar refractivity (Wildman–Crippen MR) is 82.8 cm³/mol. The van der Waals surface area contributed by atoms with Gasteiger partial charge in [-0.15, -0.1) is 0 Å². The van der Waals surface area contributed by atoms with Crippen LogP contribution < -0.4 is 4.90 Å². The third-order valence-corrected chi connectivity index (χ3v) is 4.41. The van der Waals surface area contributed by atoms with Crippen molar-refractivity contribution in [3.8, 4) is 0 Å². The van der Waals surface area contributed by atoms with E-state index in [4.69, 9.17) is 4.74 Å². The number of aryl methyl sites for hydroxylation is 1. The number of aromatic nitrogens is 1. The largest absolute Gasteiger partial charge is 0.464 e. The maximum Gasteiger partial charge on any atom is 0.367 e. The van der Waals surface area contributed by atoms with Crippen molar-refractivity contribution in [2.24, 2.45) is 5.41 Å². The molecule has 0 spiro atoms. The molecule has 1 aromatic rings. The van der Waals surface area contributed by atoms with Crippen molar-refractivity contribution in [3.05, 3.63) is 10.7 Å². The van der Waals surface area contributed by atoms with Crippen molar-refractivity contribution in [2.45, 2.75) is 46.5 Å². The fourth-order valence-corrected chi connectivity index (χ4v) is 3.42. The molecule has 1 aromatic heterocycles. The molecule has 0 unspecified atom stereocenters. The van der Waals surface area contributed by atoms with Crippen LogP contribution in [0, 0.1) is 5.41 Å². The number of carbonyl (C=O) groups excluding carboxylic acids is 2. The number of esters is 1. The third kappa shape index (κ3) is 3.81. The summed E-state index contributed by atoms with van der Waals surface area (Å²) in [4.78, 5) is 30.4. The van der Waals surface area contributed by atoms with E-state index in [1.165, 1.54) is 18.4 Å². The Bertz CT molecular complexity index is 546. The smallest absolute Gasteiger partial charge is 0.367 e. The average molecular weight is 310 g/mol. The molecule has 0 aliphatic carbocycles. The van der Waals surface area contributed by atoms with Gasteiger partial charge in [0.2, 0.25) is 10.9 Å². The number of amides is 1. The van der Waals surface area contributed by atoms with E-state index < -0.39 is 5.97 Å². The minimum atomic E-state index is -0.434. The monoisotopic (exact) mass is 310 g/mol. The number of ether oxygens (including phenoxy) is 1. The number of rotatable bonds is 2. The summed E-state index contributed by atoms with van der Waals surface area (Å²) in [6.45, 7) is 6.85. The minimum Gasteiger partial charge on any atom is -0.464 e. The lowest BCUT2D eigenvalue weighted by Gasteiger charge is -2.25. The molecule has 0 bridgehead atoms. The fraction of sp³-hybridized carbons (Fsp3) is 0.667. The molecule has 2 rings (SSSR count). The maximum atomic E-state index is 12.6. The Morgan fingerprint density at radius 3 is 2.67 bits per heavy atom. The van der Waals surface area contributed by atoms with Crippen LogP contribution in [0.4, 0.5) is 5.00 Å². The Morgan fingerprint density at radius 2 is 2.05 bits per heavy atom. The summed E-state index contributed by atoms with van der Waals surface area (Å²) >= 11 is 1.26. The molecule has 5 nitrogen and oxygen atoms in total. The Balaban J connectivity index is 2.30. The second-order valence-electron chi connectivity index (χ2n) is 6.50. The van der Waals surface area contributed by atoms with Gasteiger partial charge in [0.05, 0.1) is 12.8 Å². The highest BCUT2D eigenvalue weighted by Crippen LogP contribution is 2.34. The van der Waals surface area contributed by atoms with E-state index in [9.17, 15) is 9.59 Å². The standard InChI is InChI=1S/C15H22N2O3S/c1-15(2,3)9-11(18)17-8-6-5-7-10-13(17)21-12(16-10)14(19)20-4/h5-9H2,1-4H3. The average Bonchev–Trinajstić information content (AvgIpc) is 2.70. The van der Waals surface area contributed by atoms with Crippen LogP contribution in [0.5, 0.6) is 0 Å². The lowest BCUT2D eigenvalue weighted by Crippen LogP contribution is -2.33. The molecule has 1 amide bonds. The highest BCUT2D eigenvalue weighted by molar-refractivity contribution is 7.17. The second kappa shape index (κ2) is 6.13. The summed E-state index contributed by atoms with van der Waals surface area (Å²) in [7, 11) is 1.34. The van der Waals surface area contributed by atoms with E-state index in [0.717, 1.165) is 30.0 Å². The molecule has 0 saturated heterocycles.